The first-order valence-electron chi connectivity index (χ1n) is 11.8. The molecule has 0 nitrogen and oxygen atoms in total. The summed E-state index contributed by atoms with van der Waals surface area (Å²) >= 11 is 0. The van der Waals surface area contributed by atoms with Crippen molar-refractivity contribution in [3.05, 3.63) is 59.4 Å². The summed E-state index contributed by atoms with van der Waals surface area (Å²) in [4.78, 5) is 0. The van der Waals surface area contributed by atoms with Crippen LogP contribution in [-0.4, -0.2) is 0 Å². The van der Waals surface area contributed by atoms with E-state index in [2.05, 4.69) is 6.92 Å². The van der Waals surface area contributed by atoms with Gasteiger partial charge in [0.2, 0.25) is 0 Å². The molecule has 0 bridgehead atoms. The summed E-state index contributed by atoms with van der Waals surface area (Å²) in [7, 11) is 0. The van der Waals surface area contributed by atoms with Crippen LogP contribution in [0.5, 0.6) is 0 Å². The first-order chi connectivity index (χ1) is 14.5. The van der Waals surface area contributed by atoms with Crippen molar-refractivity contribution in [3.8, 4) is 11.1 Å². The van der Waals surface area contributed by atoms with Crippen LogP contribution in [0.25, 0.3) is 11.1 Å². The Kier molecular flexibility index (Phi) is 6.85. The smallest absolute Gasteiger partial charge is 0.159 e. The molecule has 0 saturated heterocycles. The molecule has 2 fully saturated rings. The molecule has 0 spiro atoms. The Balaban J connectivity index is 1.40. The SMILES string of the molecule is CCCCCC1CCC2CC(c3ccc(-c4ccc(F)c(F)c4)c(F)c3)CCC2C1. The van der Waals surface area contributed by atoms with Crippen LogP contribution in [0.4, 0.5) is 13.2 Å². The predicted molar refractivity (Wildman–Crippen MR) is 117 cm³/mol. The summed E-state index contributed by atoms with van der Waals surface area (Å²) in [6.45, 7) is 2.27. The number of benzene rings is 2. The minimum Gasteiger partial charge on any atom is -0.206 e. The van der Waals surface area contributed by atoms with Gasteiger partial charge >= 0.3 is 0 Å². The fourth-order valence-electron chi connectivity index (χ4n) is 5.92. The van der Waals surface area contributed by atoms with Crippen molar-refractivity contribution in [2.45, 2.75) is 77.0 Å². The summed E-state index contributed by atoms with van der Waals surface area (Å²) in [6.07, 6.45) is 13.1. The largest absolute Gasteiger partial charge is 0.206 e. The zero-order valence-corrected chi connectivity index (χ0v) is 18.0. The van der Waals surface area contributed by atoms with Gasteiger partial charge in [0.15, 0.2) is 11.6 Å². The summed E-state index contributed by atoms with van der Waals surface area (Å²) in [6, 6.07) is 8.89. The third-order valence-electron chi connectivity index (χ3n) is 7.63. The monoisotopic (exact) mass is 414 g/mol. The topological polar surface area (TPSA) is 0 Å². The zero-order chi connectivity index (χ0) is 21.1. The minimum atomic E-state index is -0.945. The Morgan fingerprint density at radius 1 is 0.767 bits per heavy atom. The average Bonchev–Trinajstić information content (AvgIpc) is 2.75. The second kappa shape index (κ2) is 9.58. The van der Waals surface area contributed by atoms with Crippen LogP contribution in [0.15, 0.2) is 36.4 Å². The molecular weight excluding hydrogens is 381 g/mol. The summed E-state index contributed by atoms with van der Waals surface area (Å²) in [5, 5.41) is 0. The molecule has 2 aromatic rings. The number of unbranched alkanes of at least 4 members (excludes halogenated alkanes) is 2. The van der Waals surface area contributed by atoms with Crippen LogP contribution in [0, 0.1) is 35.2 Å². The van der Waals surface area contributed by atoms with Crippen molar-refractivity contribution < 1.29 is 13.2 Å². The van der Waals surface area contributed by atoms with Crippen LogP contribution < -0.4 is 0 Å². The van der Waals surface area contributed by atoms with Gasteiger partial charge in [-0.3, -0.25) is 0 Å². The molecule has 0 aromatic heterocycles. The molecule has 4 rings (SSSR count). The molecule has 0 N–H and O–H groups in total. The molecule has 0 aliphatic heterocycles. The van der Waals surface area contributed by atoms with Gasteiger partial charge in [0.1, 0.15) is 5.82 Å². The number of fused-ring (bicyclic) bond motifs is 1. The van der Waals surface area contributed by atoms with E-state index in [1.807, 2.05) is 6.07 Å². The highest BCUT2D eigenvalue weighted by molar-refractivity contribution is 5.64. The van der Waals surface area contributed by atoms with E-state index in [1.165, 1.54) is 57.4 Å². The van der Waals surface area contributed by atoms with E-state index in [1.54, 1.807) is 12.1 Å². The Labute approximate surface area is 178 Å². The standard InChI is InChI=1S/C27H33F3/c1-2-3-4-5-18-6-7-20-15-21(9-8-19(20)14-18)22-10-12-24(26(29)16-22)23-11-13-25(28)27(30)17-23/h10-13,16-21H,2-9,14-15H2,1H3. The summed E-state index contributed by atoms with van der Waals surface area (Å²) in [5.74, 6) is 0.763. The van der Waals surface area contributed by atoms with Crippen LogP contribution in [0.2, 0.25) is 0 Å². The number of hydrogen-bond donors (Lipinski definition) is 0. The zero-order valence-electron chi connectivity index (χ0n) is 18.0. The molecule has 2 aliphatic carbocycles. The molecule has 0 radical (unpaired) electrons. The van der Waals surface area contributed by atoms with Crippen molar-refractivity contribution in [1.29, 1.82) is 0 Å². The van der Waals surface area contributed by atoms with E-state index in [-0.39, 0.29) is 5.82 Å². The Hall–Kier alpha value is -1.77. The Bertz CT molecular complexity index is 859. The lowest BCUT2D eigenvalue weighted by atomic mass is 9.63. The molecule has 2 aromatic carbocycles. The fraction of sp³-hybridized carbons (Fsp3) is 0.556. The molecular formula is C27H33F3. The lowest BCUT2D eigenvalue weighted by molar-refractivity contribution is 0.113. The minimum absolute atomic E-state index is 0.332. The highest BCUT2D eigenvalue weighted by atomic mass is 19.2. The molecule has 2 saturated carbocycles. The van der Waals surface area contributed by atoms with Gasteiger partial charge in [-0.2, -0.15) is 0 Å². The maximum Gasteiger partial charge on any atom is 0.159 e. The second-order valence-corrected chi connectivity index (χ2v) is 9.57. The normalized spacial score (nSPS) is 26.4. The third kappa shape index (κ3) is 4.76. The van der Waals surface area contributed by atoms with Gasteiger partial charge in [-0.05, 0) is 85.1 Å². The van der Waals surface area contributed by atoms with Crippen LogP contribution in [-0.2, 0) is 0 Å². The van der Waals surface area contributed by atoms with Gasteiger partial charge in [-0.25, -0.2) is 13.2 Å². The lowest BCUT2D eigenvalue weighted by Gasteiger charge is -2.42. The first-order valence-corrected chi connectivity index (χ1v) is 11.8. The van der Waals surface area contributed by atoms with Gasteiger partial charge in [-0.15, -0.1) is 0 Å². The molecule has 30 heavy (non-hydrogen) atoms. The number of halogens is 3. The van der Waals surface area contributed by atoms with E-state index in [9.17, 15) is 13.2 Å². The van der Waals surface area contributed by atoms with Crippen LogP contribution >= 0.6 is 0 Å². The van der Waals surface area contributed by atoms with Crippen molar-refractivity contribution in [2.24, 2.45) is 17.8 Å². The molecule has 3 heteroatoms. The lowest BCUT2D eigenvalue weighted by Crippen LogP contribution is -2.30. The third-order valence-corrected chi connectivity index (χ3v) is 7.63. The molecule has 162 valence electrons. The van der Waals surface area contributed by atoms with Gasteiger partial charge in [0.05, 0.1) is 0 Å². The Morgan fingerprint density at radius 3 is 2.33 bits per heavy atom. The molecule has 4 atom stereocenters. The second-order valence-electron chi connectivity index (χ2n) is 9.57. The first kappa shape index (κ1) is 21.5. The van der Waals surface area contributed by atoms with Gasteiger partial charge in [0.25, 0.3) is 0 Å². The number of hydrogen-bond acceptors (Lipinski definition) is 0. The molecule has 4 unspecified atom stereocenters. The van der Waals surface area contributed by atoms with E-state index in [0.717, 1.165) is 48.3 Å². The Morgan fingerprint density at radius 2 is 1.57 bits per heavy atom. The van der Waals surface area contributed by atoms with E-state index < -0.39 is 11.6 Å². The maximum atomic E-state index is 14.8. The highest BCUT2D eigenvalue weighted by Gasteiger charge is 2.35. The van der Waals surface area contributed by atoms with E-state index >= 15 is 0 Å². The molecule has 2 aliphatic rings. The van der Waals surface area contributed by atoms with Crippen molar-refractivity contribution >= 4 is 0 Å². The highest BCUT2D eigenvalue weighted by Crippen LogP contribution is 2.48. The van der Waals surface area contributed by atoms with Crippen molar-refractivity contribution in [2.75, 3.05) is 0 Å². The quantitative estimate of drug-likeness (QED) is 0.415. The van der Waals surface area contributed by atoms with Crippen molar-refractivity contribution in [3.63, 3.8) is 0 Å². The van der Waals surface area contributed by atoms with Gasteiger partial charge < -0.3 is 0 Å². The van der Waals surface area contributed by atoms with Crippen LogP contribution in [0.1, 0.15) is 82.6 Å². The number of rotatable bonds is 6. The summed E-state index contributed by atoms with van der Waals surface area (Å²) in [5.41, 5.74) is 1.77. The fourth-order valence-corrected chi connectivity index (χ4v) is 5.92. The van der Waals surface area contributed by atoms with Gasteiger partial charge in [0, 0.05) is 5.56 Å². The average molecular weight is 415 g/mol. The van der Waals surface area contributed by atoms with Crippen LogP contribution in [0.3, 0.4) is 0 Å². The van der Waals surface area contributed by atoms with Crippen molar-refractivity contribution in [1.82, 2.24) is 0 Å². The van der Waals surface area contributed by atoms with E-state index in [0.29, 0.717) is 17.0 Å². The van der Waals surface area contributed by atoms with Gasteiger partial charge in [-0.1, -0.05) is 57.2 Å². The van der Waals surface area contributed by atoms with E-state index in [4.69, 9.17) is 0 Å². The molecule has 0 heterocycles. The predicted octanol–water partition coefficient (Wildman–Crippen LogP) is 8.65. The summed E-state index contributed by atoms with van der Waals surface area (Å²) < 4.78 is 41.6. The maximum absolute atomic E-state index is 14.8. The molecule has 0 amide bonds.